The molecule has 0 radical (unpaired) electrons. The van der Waals surface area contributed by atoms with Crippen molar-refractivity contribution in [2.24, 2.45) is 5.92 Å². The Hall–Kier alpha value is -2.83. The molecule has 1 aromatic carbocycles. The molecule has 2 fully saturated rings. The number of methoxy groups -OCH3 is 1. The summed E-state index contributed by atoms with van der Waals surface area (Å²) in [7, 11) is 1.73. The lowest BCUT2D eigenvalue weighted by Gasteiger charge is -2.45. The first kappa shape index (κ1) is 23.9. The molecule has 0 spiro atoms. The van der Waals surface area contributed by atoms with Crippen molar-refractivity contribution in [3.05, 3.63) is 60.4 Å². The second kappa shape index (κ2) is 11.3. The van der Waals surface area contributed by atoms with Gasteiger partial charge in [0.25, 0.3) is 5.91 Å². The third-order valence-corrected chi connectivity index (χ3v) is 7.67. The van der Waals surface area contributed by atoms with E-state index < -0.39 is 0 Å². The molecule has 2 aliphatic heterocycles. The molecular weight excluding hydrogens is 436 g/mol. The Bertz CT molecular complexity index is 1130. The van der Waals surface area contributed by atoms with Crippen LogP contribution in [0.1, 0.15) is 48.9 Å². The summed E-state index contributed by atoms with van der Waals surface area (Å²) in [5.41, 5.74) is 3.35. The number of fused-ring (bicyclic) bond motifs is 2. The number of hydrogen-bond acceptors (Lipinski definition) is 5. The summed E-state index contributed by atoms with van der Waals surface area (Å²) in [5, 5.41) is 0.912. The third kappa shape index (κ3) is 5.39. The molecule has 5 rings (SSSR count). The maximum Gasteiger partial charge on any atom is 0.254 e. The number of piperidine rings is 2. The normalized spacial score (nSPS) is 20.5. The highest BCUT2D eigenvalue weighted by atomic mass is 16.5. The molecule has 2 aromatic heterocycles. The molecule has 2 saturated heterocycles. The van der Waals surface area contributed by atoms with Gasteiger partial charge < -0.3 is 14.5 Å². The largest absolute Gasteiger partial charge is 0.385 e. The van der Waals surface area contributed by atoms with Crippen LogP contribution in [0.5, 0.6) is 0 Å². The number of carbonyl (C=O) groups excluding carboxylic acids is 1. The van der Waals surface area contributed by atoms with Crippen LogP contribution in [0.3, 0.4) is 0 Å². The Labute approximate surface area is 208 Å². The highest BCUT2D eigenvalue weighted by Crippen LogP contribution is 2.32. The Morgan fingerprint density at radius 3 is 2.77 bits per heavy atom. The van der Waals surface area contributed by atoms with Gasteiger partial charge in [-0.1, -0.05) is 24.6 Å². The zero-order valence-electron chi connectivity index (χ0n) is 20.7. The Balaban J connectivity index is 1.48. The molecule has 4 heterocycles. The van der Waals surface area contributed by atoms with E-state index in [0.29, 0.717) is 25.1 Å². The van der Waals surface area contributed by atoms with Gasteiger partial charge in [-0.3, -0.25) is 9.78 Å². The molecule has 0 bridgehead atoms. The number of para-hydroxylation sites is 1. The van der Waals surface area contributed by atoms with Crippen LogP contribution in [0.2, 0.25) is 0 Å². The summed E-state index contributed by atoms with van der Waals surface area (Å²) in [5.74, 6) is 0.631. The minimum atomic E-state index is 0.0999. The number of carbonyl (C=O) groups is 1. The topological polar surface area (TPSA) is 58.6 Å². The molecule has 6 heteroatoms. The van der Waals surface area contributed by atoms with Gasteiger partial charge >= 0.3 is 0 Å². The van der Waals surface area contributed by atoms with Crippen molar-refractivity contribution < 1.29 is 9.53 Å². The lowest BCUT2D eigenvalue weighted by Crippen LogP contribution is -2.51. The molecule has 3 aromatic rings. The fraction of sp³-hybridized carbons (Fsp3) is 0.483. The lowest BCUT2D eigenvalue weighted by atomic mass is 9.83. The van der Waals surface area contributed by atoms with Crippen LogP contribution < -0.4 is 0 Å². The van der Waals surface area contributed by atoms with E-state index in [1.165, 1.54) is 45.2 Å². The van der Waals surface area contributed by atoms with Crippen LogP contribution in [0, 0.1) is 5.92 Å². The van der Waals surface area contributed by atoms with E-state index in [4.69, 9.17) is 9.72 Å². The second-order valence-electron chi connectivity index (χ2n) is 9.91. The Morgan fingerprint density at radius 1 is 1.09 bits per heavy atom. The van der Waals surface area contributed by atoms with Gasteiger partial charge in [0, 0.05) is 56.2 Å². The predicted molar refractivity (Wildman–Crippen MR) is 139 cm³/mol. The van der Waals surface area contributed by atoms with Gasteiger partial charge in [0.15, 0.2) is 0 Å². The molecule has 0 aliphatic carbocycles. The highest BCUT2D eigenvalue weighted by molar-refractivity contribution is 6.07. The summed E-state index contributed by atoms with van der Waals surface area (Å²) >= 11 is 0. The molecular formula is C29H36N4O2. The molecule has 0 saturated carbocycles. The molecule has 35 heavy (non-hydrogen) atoms. The molecule has 0 unspecified atom stereocenters. The number of amides is 1. The van der Waals surface area contributed by atoms with Crippen molar-refractivity contribution in [3.63, 3.8) is 0 Å². The summed E-state index contributed by atoms with van der Waals surface area (Å²) in [6.07, 6.45) is 10.7. The van der Waals surface area contributed by atoms with Crippen molar-refractivity contribution in [3.8, 4) is 11.3 Å². The number of aromatic nitrogens is 2. The van der Waals surface area contributed by atoms with Crippen LogP contribution in [0.4, 0.5) is 0 Å². The Kier molecular flexibility index (Phi) is 7.69. The standard InChI is InChI=1S/C29H36N4O2/c1-35-19-7-18-33(21-23-8-6-17-32-16-5-4-11-28(23)32)29(34)25-20-27(22-12-14-30-15-13-22)31-26-10-3-2-9-24(25)26/h2-3,9-10,12-15,20,23,28H,4-8,11,16-19,21H2,1H3/t23-,28+/m0/s1. The van der Waals surface area contributed by atoms with Crippen molar-refractivity contribution in [2.75, 3.05) is 39.9 Å². The third-order valence-electron chi connectivity index (χ3n) is 7.67. The van der Waals surface area contributed by atoms with Crippen molar-refractivity contribution in [1.29, 1.82) is 0 Å². The summed E-state index contributed by atoms with van der Waals surface area (Å²) in [4.78, 5) is 28.0. The van der Waals surface area contributed by atoms with Gasteiger partial charge in [0.05, 0.1) is 16.8 Å². The van der Waals surface area contributed by atoms with Gasteiger partial charge in [-0.2, -0.15) is 0 Å². The smallest absolute Gasteiger partial charge is 0.254 e. The van der Waals surface area contributed by atoms with E-state index in [9.17, 15) is 4.79 Å². The minimum Gasteiger partial charge on any atom is -0.385 e. The minimum absolute atomic E-state index is 0.0999. The van der Waals surface area contributed by atoms with Crippen molar-refractivity contribution in [1.82, 2.24) is 19.8 Å². The fourth-order valence-electron chi connectivity index (χ4n) is 5.94. The van der Waals surface area contributed by atoms with E-state index in [2.05, 4.69) is 14.8 Å². The van der Waals surface area contributed by atoms with Crippen molar-refractivity contribution in [2.45, 2.75) is 44.6 Å². The van der Waals surface area contributed by atoms with Crippen LogP contribution in [-0.4, -0.2) is 71.6 Å². The van der Waals surface area contributed by atoms with Gasteiger partial charge in [-0.15, -0.1) is 0 Å². The summed E-state index contributed by atoms with van der Waals surface area (Å²) < 4.78 is 5.34. The quantitative estimate of drug-likeness (QED) is 0.430. The molecule has 184 valence electrons. The number of nitrogens with zero attached hydrogens (tertiary/aromatic N) is 4. The highest BCUT2D eigenvalue weighted by Gasteiger charge is 2.35. The average Bonchev–Trinajstić information content (AvgIpc) is 2.92. The average molecular weight is 473 g/mol. The summed E-state index contributed by atoms with van der Waals surface area (Å²) in [6, 6.07) is 14.5. The first-order valence-electron chi connectivity index (χ1n) is 13.1. The van der Waals surface area contributed by atoms with Crippen LogP contribution in [0.15, 0.2) is 54.9 Å². The Morgan fingerprint density at radius 2 is 1.91 bits per heavy atom. The van der Waals surface area contributed by atoms with E-state index >= 15 is 0 Å². The molecule has 0 N–H and O–H groups in total. The van der Waals surface area contributed by atoms with Gasteiger partial charge in [0.1, 0.15) is 0 Å². The number of ether oxygens (including phenoxy) is 1. The summed E-state index contributed by atoms with van der Waals surface area (Å²) in [6.45, 7) is 4.59. The maximum absolute atomic E-state index is 14.2. The SMILES string of the molecule is COCCCN(C[C@@H]1CCCN2CCCC[C@H]12)C(=O)c1cc(-c2ccncc2)nc2ccccc12. The van der Waals surface area contributed by atoms with Crippen LogP contribution in [-0.2, 0) is 4.74 Å². The van der Waals surface area contributed by atoms with E-state index in [1.807, 2.05) is 42.5 Å². The van der Waals surface area contributed by atoms with Gasteiger partial charge in [-0.25, -0.2) is 4.98 Å². The first-order chi connectivity index (χ1) is 17.2. The predicted octanol–water partition coefficient (Wildman–Crippen LogP) is 5.04. The van der Waals surface area contributed by atoms with Gasteiger partial charge in [0.2, 0.25) is 0 Å². The number of rotatable bonds is 8. The van der Waals surface area contributed by atoms with Gasteiger partial charge in [-0.05, 0) is 75.4 Å². The second-order valence-corrected chi connectivity index (χ2v) is 9.91. The molecule has 2 aliphatic rings. The fourth-order valence-corrected chi connectivity index (χ4v) is 5.94. The van der Waals surface area contributed by atoms with E-state index in [-0.39, 0.29) is 5.91 Å². The van der Waals surface area contributed by atoms with E-state index in [0.717, 1.165) is 40.7 Å². The molecule has 1 amide bonds. The number of benzene rings is 1. The van der Waals surface area contributed by atoms with E-state index in [1.54, 1.807) is 19.5 Å². The zero-order valence-corrected chi connectivity index (χ0v) is 20.7. The van der Waals surface area contributed by atoms with Crippen LogP contribution in [0.25, 0.3) is 22.2 Å². The number of pyridine rings is 2. The van der Waals surface area contributed by atoms with Crippen LogP contribution >= 0.6 is 0 Å². The lowest BCUT2D eigenvalue weighted by molar-refractivity contribution is 0.0348. The van der Waals surface area contributed by atoms with Crippen molar-refractivity contribution >= 4 is 16.8 Å². The maximum atomic E-state index is 14.2. The first-order valence-corrected chi connectivity index (χ1v) is 13.1. The molecule has 2 atom stereocenters. The monoisotopic (exact) mass is 472 g/mol. The molecule has 6 nitrogen and oxygen atoms in total. The number of hydrogen-bond donors (Lipinski definition) is 0. The zero-order chi connectivity index (χ0) is 24.0.